The molecule has 1 aliphatic rings. The van der Waals surface area contributed by atoms with Crippen molar-refractivity contribution in [2.75, 3.05) is 13.1 Å². The standard InChI is InChI=1S/C17H25FN2O/c18-15-7-4-6-14(12-15)17(9-2-1-3-10-17)13-20-16(21)8-5-11-19/h4,6-7,12H,1-3,5,8-11,13,19H2,(H,20,21). The monoisotopic (exact) mass is 292 g/mol. The van der Waals surface area contributed by atoms with Gasteiger partial charge < -0.3 is 11.1 Å². The van der Waals surface area contributed by atoms with Crippen LogP contribution < -0.4 is 11.1 Å². The van der Waals surface area contributed by atoms with Gasteiger partial charge in [-0.1, -0.05) is 31.4 Å². The maximum atomic E-state index is 13.6. The van der Waals surface area contributed by atoms with E-state index in [1.54, 1.807) is 12.1 Å². The summed E-state index contributed by atoms with van der Waals surface area (Å²) < 4.78 is 13.6. The van der Waals surface area contributed by atoms with E-state index in [-0.39, 0.29) is 17.1 Å². The van der Waals surface area contributed by atoms with Crippen LogP contribution in [0.2, 0.25) is 0 Å². The van der Waals surface area contributed by atoms with Crippen LogP contribution in [0.5, 0.6) is 0 Å². The molecule has 116 valence electrons. The molecule has 4 heteroatoms. The lowest BCUT2D eigenvalue weighted by molar-refractivity contribution is -0.121. The molecular weight excluding hydrogens is 267 g/mol. The van der Waals surface area contributed by atoms with E-state index in [9.17, 15) is 9.18 Å². The number of carbonyl (C=O) groups is 1. The van der Waals surface area contributed by atoms with Crippen molar-refractivity contribution >= 4 is 5.91 Å². The van der Waals surface area contributed by atoms with E-state index >= 15 is 0 Å². The summed E-state index contributed by atoms with van der Waals surface area (Å²) in [6, 6.07) is 6.84. The molecule has 1 saturated carbocycles. The highest BCUT2D eigenvalue weighted by molar-refractivity contribution is 5.76. The Morgan fingerprint density at radius 1 is 1.29 bits per heavy atom. The number of amides is 1. The second-order valence-electron chi connectivity index (χ2n) is 6.02. The summed E-state index contributed by atoms with van der Waals surface area (Å²) in [5.74, 6) is -0.159. The van der Waals surface area contributed by atoms with E-state index in [0.717, 1.165) is 31.2 Å². The van der Waals surface area contributed by atoms with Gasteiger partial charge in [-0.15, -0.1) is 0 Å². The lowest BCUT2D eigenvalue weighted by Crippen LogP contribution is -2.42. The molecule has 0 aliphatic heterocycles. The van der Waals surface area contributed by atoms with Crippen molar-refractivity contribution in [2.45, 2.75) is 50.4 Å². The Hall–Kier alpha value is -1.42. The molecule has 0 radical (unpaired) electrons. The number of halogens is 1. The summed E-state index contributed by atoms with van der Waals surface area (Å²) in [6.45, 7) is 1.13. The van der Waals surface area contributed by atoms with E-state index in [1.807, 2.05) is 6.07 Å². The molecule has 2 rings (SSSR count). The minimum atomic E-state index is -0.202. The zero-order valence-electron chi connectivity index (χ0n) is 12.5. The van der Waals surface area contributed by atoms with Crippen LogP contribution in [0.4, 0.5) is 4.39 Å². The molecule has 1 amide bonds. The molecule has 21 heavy (non-hydrogen) atoms. The van der Waals surface area contributed by atoms with E-state index in [1.165, 1.54) is 12.5 Å². The zero-order valence-corrected chi connectivity index (χ0v) is 12.5. The van der Waals surface area contributed by atoms with Crippen LogP contribution in [-0.4, -0.2) is 19.0 Å². The normalized spacial score (nSPS) is 17.4. The Labute approximate surface area is 126 Å². The van der Waals surface area contributed by atoms with Crippen molar-refractivity contribution in [2.24, 2.45) is 5.73 Å². The van der Waals surface area contributed by atoms with Gasteiger partial charge in [-0.2, -0.15) is 0 Å². The van der Waals surface area contributed by atoms with Crippen LogP contribution >= 0.6 is 0 Å². The quantitative estimate of drug-likeness (QED) is 0.847. The third-order valence-electron chi connectivity index (χ3n) is 4.48. The largest absolute Gasteiger partial charge is 0.355 e. The molecule has 0 aromatic heterocycles. The first-order valence-corrected chi connectivity index (χ1v) is 7.89. The summed E-state index contributed by atoms with van der Waals surface area (Å²) in [4.78, 5) is 11.8. The molecule has 0 unspecified atom stereocenters. The summed E-state index contributed by atoms with van der Waals surface area (Å²) in [5.41, 5.74) is 6.33. The SMILES string of the molecule is NCCCC(=O)NCC1(c2cccc(F)c2)CCCCC1. The first-order valence-electron chi connectivity index (χ1n) is 7.89. The number of carbonyl (C=O) groups excluding carboxylic acids is 1. The van der Waals surface area contributed by atoms with Crippen molar-refractivity contribution in [1.29, 1.82) is 0 Å². The number of hydrogen-bond acceptors (Lipinski definition) is 2. The summed E-state index contributed by atoms with van der Waals surface area (Å²) >= 11 is 0. The zero-order chi connectivity index (χ0) is 15.1. The highest BCUT2D eigenvalue weighted by atomic mass is 19.1. The van der Waals surface area contributed by atoms with E-state index < -0.39 is 0 Å². The first-order chi connectivity index (χ1) is 10.2. The molecule has 3 N–H and O–H groups in total. The molecule has 1 fully saturated rings. The lowest BCUT2D eigenvalue weighted by atomic mass is 9.69. The van der Waals surface area contributed by atoms with Crippen LogP contribution in [0.3, 0.4) is 0 Å². The molecule has 0 atom stereocenters. The number of benzene rings is 1. The molecule has 0 bridgehead atoms. The second kappa shape index (κ2) is 7.55. The minimum absolute atomic E-state index is 0.0433. The number of nitrogens with two attached hydrogens (primary N) is 1. The molecule has 1 aromatic carbocycles. The van der Waals surface area contributed by atoms with Crippen molar-refractivity contribution < 1.29 is 9.18 Å². The third-order valence-corrected chi connectivity index (χ3v) is 4.48. The van der Waals surface area contributed by atoms with Crippen molar-refractivity contribution in [1.82, 2.24) is 5.32 Å². The van der Waals surface area contributed by atoms with Gasteiger partial charge in [0.15, 0.2) is 0 Å². The Kier molecular flexibility index (Phi) is 5.74. The Bertz CT molecular complexity index is 470. The van der Waals surface area contributed by atoms with Crippen LogP contribution in [0.25, 0.3) is 0 Å². The predicted molar refractivity (Wildman–Crippen MR) is 82.5 cm³/mol. The van der Waals surface area contributed by atoms with Gasteiger partial charge in [0, 0.05) is 18.4 Å². The molecule has 0 spiro atoms. The van der Waals surface area contributed by atoms with Gasteiger partial charge in [-0.25, -0.2) is 4.39 Å². The maximum absolute atomic E-state index is 13.6. The number of rotatable bonds is 6. The molecular formula is C17H25FN2O. The van der Waals surface area contributed by atoms with Gasteiger partial charge in [0.1, 0.15) is 5.82 Å². The van der Waals surface area contributed by atoms with Crippen molar-refractivity contribution in [3.63, 3.8) is 0 Å². The summed E-state index contributed by atoms with van der Waals surface area (Å²) in [5, 5.41) is 3.03. The smallest absolute Gasteiger partial charge is 0.220 e. The average molecular weight is 292 g/mol. The third kappa shape index (κ3) is 4.27. The Morgan fingerprint density at radius 2 is 2.05 bits per heavy atom. The fourth-order valence-electron chi connectivity index (χ4n) is 3.23. The van der Waals surface area contributed by atoms with Gasteiger partial charge in [-0.3, -0.25) is 4.79 Å². The molecule has 3 nitrogen and oxygen atoms in total. The van der Waals surface area contributed by atoms with Gasteiger partial charge >= 0.3 is 0 Å². The predicted octanol–water partition coefficient (Wildman–Crippen LogP) is 2.88. The van der Waals surface area contributed by atoms with E-state index in [0.29, 0.717) is 25.9 Å². The molecule has 1 aliphatic carbocycles. The maximum Gasteiger partial charge on any atom is 0.220 e. The van der Waals surface area contributed by atoms with Gasteiger partial charge in [0.25, 0.3) is 0 Å². The van der Waals surface area contributed by atoms with Crippen LogP contribution in [-0.2, 0) is 10.2 Å². The van der Waals surface area contributed by atoms with E-state index in [4.69, 9.17) is 5.73 Å². The second-order valence-corrected chi connectivity index (χ2v) is 6.02. The highest BCUT2D eigenvalue weighted by Crippen LogP contribution is 2.39. The van der Waals surface area contributed by atoms with Crippen molar-refractivity contribution in [3.8, 4) is 0 Å². The average Bonchev–Trinajstić information content (AvgIpc) is 2.52. The van der Waals surface area contributed by atoms with Crippen LogP contribution in [0.15, 0.2) is 24.3 Å². The molecule has 1 aromatic rings. The topological polar surface area (TPSA) is 55.1 Å². The molecule has 0 heterocycles. The highest BCUT2D eigenvalue weighted by Gasteiger charge is 2.34. The molecule has 0 saturated heterocycles. The lowest BCUT2D eigenvalue weighted by Gasteiger charge is -2.38. The van der Waals surface area contributed by atoms with Gasteiger partial charge in [0.05, 0.1) is 0 Å². The van der Waals surface area contributed by atoms with Crippen LogP contribution in [0.1, 0.15) is 50.5 Å². The fourth-order valence-corrected chi connectivity index (χ4v) is 3.23. The van der Waals surface area contributed by atoms with Crippen LogP contribution in [0, 0.1) is 5.82 Å². The fraction of sp³-hybridized carbons (Fsp3) is 0.588. The Balaban J connectivity index is 2.08. The number of nitrogens with one attached hydrogen (secondary N) is 1. The van der Waals surface area contributed by atoms with Gasteiger partial charge in [0.2, 0.25) is 5.91 Å². The Morgan fingerprint density at radius 3 is 2.71 bits per heavy atom. The van der Waals surface area contributed by atoms with Crippen molar-refractivity contribution in [3.05, 3.63) is 35.6 Å². The van der Waals surface area contributed by atoms with E-state index in [2.05, 4.69) is 5.32 Å². The summed E-state index contributed by atoms with van der Waals surface area (Å²) in [6.07, 6.45) is 6.68. The number of hydrogen-bond donors (Lipinski definition) is 2. The minimum Gasteiger partial charge on any atom is -0.355 e. The van der Waals surface area contributed by atoms with Gasteiger partial charge in [-0.05, 0) is 43.5 Å². The summed E-state index contributed by atoms with van der Waals surface area (Å²) in [7, 11) is 0. The first kappa shape index (κ1) is 16.0.